The van der Waals surface area contributed by atoms with Crippen LogP contribution in [0.2, 0.25) is 0 Å². The number of carbonyl (C=O) groups is 2. The minimum absolute atomic E-state index is 0.0262. The monoisotopic (exact) mass is 216 g/mol. The molecule has 80 valence electrons. The number of carbonyl (C=O) groups excluding carboxylic acids is 2. The lowest BCUT2D eigenvalue weighted by Crippen LogP contribution is -2.24. The summed E-state index contributed by atoms with van der Waals surface area (Å²) in [7, 11) is 0. The zero-order chi connectivity index (χ0) is 10.4. The molecule has 1 rings (SSSR count). The van der Waals surface area contributed by atoms with E-state index in [9.17, 15) is 9.59 Å². The van der Waals surface area contributed by atoms with E-state index in [1.807, 2.05) is 6.26 Å². The molecule has 1 aliphatic rings. The minimum atomic E-state index is -0.0938. The molecule has 0 aromatic carbocycles. The number of esters is 1. The van der Waals surface area contributed by atoms with Crippen LogP contribution >= 0.6 is 11.8 Å². The van der Waals surface area contributed by atoms with Crippen molar-refractivity contribution in [3.8, 4) is 0 Å². The van der Waals surface area contributed by atoms with Crippen molar-refractivity contribution in [2.24, 2.45) is 11.8 Å². The smallest absolute Gasteiger partial charge is 0.309 e. The molecule has 0 N–H and O–H groups in total. The van der Waals surface area contributed by atoms with Crippen molar-refractivity contribution >= 4 is 24.0 Å². The zero-order valence-electron chi connectivity index (χ0n) is 8.40. The molecule has 0 unspecified atom stereocenters. The Bertz CT molecular complexity index is 198. The van der Waals surface area contributed by atoms with Crippen molar-refractivity contribution in [2.75, 3.05) is 12.2 Å². The molecular weight excluding hydrogens is 200 g/mol. The van der Waals surface area contributed by atoms with Crippen LogP contribution in [0.4, 0.5) is 0 Å². The number of aldehydes is 1. The van der Waals surface area contributed by atoms with Crippen LogP contribution < -0.4 is 0 Å². The summed E-state index contributed by atoms with van der Waals surface area (Å²) in [4.78, 5) is 21.9. The summed E-state index contributed by atoms with van der Waals surface area (Å²) >= 11 is 1.50. The van der Waals surface area contributed by atoms with Crippen LogP contribution in [0.3, 0.4) is 0 Å². The van der Waals surface area contributed by atoms with E-state index in [-0.39, 0.29) is 17.8 Å². The molecule has 4 heteroatoms. The van der Waals surface area contributed by atoms with Gasteiger partial charge in [0.25, 0.3) is 0 Å². The third-order valence-electron chi connectivity index (χ3n) is 2.62. The predicted molar refractivity (Wildman–Crippen MR) is 56.0 cm³/mol. The second-order valence-electron chi connectivity index (χ2n) is 3.62. The molecule has 1 aliphatic carbocycles. The number of rotatable bonds is 4. The average Bonchev–Trinajstić information content (AvgIpc) is 2.26. The van der Waals surface area contributed by atoms with Crippen LogP contribution in [0, 0.1) is 11.8 Å². The summed E-state index contributed by atoms with van der Waals surface area (Å²) in [6, 6.07) is 0. The van der Waals surface area contributed by atoms with Crippen LogP contribution in [0.25, 0.3) is 0 Å². The second kappa shape index (κ2) is 6.06. The highest BCUT2D eigenvalue weighted by Gasteiger charge is 2.26. The van der Waals surface area contributed by atoms with Gasteiger partial charge in [0, 0.05) is 5.92 Å². The zero-order valence-corrected chi connectivity index (χ0v) is 9.22. The molecule has 1 fully saturated rings. The first-order valence-electron chi connectivity index (χ1n) is 4.88. The minimum Gasteiger partial charge on any atom is -0.454 e. The average molecular weight is 216 g/mol. The van der Waals surface area contributed by atoms with Gasteiger partial charge < -0.3 is 9.53 Å². The molecule has 0 heterocycles. The van der Waals surface area contributed by atoms with E-state index in [4.69, 9.17) is 4.74 Å². The first-order chi connectivity index (χ1) is 6.77. The topological polar surface area (TPSA) is 43.4 Å². The normalized spacial score (nSPS) is 26.9. The molecule has 14 heavy (non-hydrogen) atoms. The first kappa shape index (κ1) is 11.6. The fourth-order valence-corrected chi connectivity index (χ4v) is 1.96. The van der Waals surface area contributed by atoms with Gasteiger partial charge in [0.1, 0.15) is 12.2 Å². The van der Waals surface area contributed by atoms with E-state index in [0.29, 0.717) is 5.94 Å². The Balaban J connectivity index is 2.26. The van der Waals surface area contributed by atoms with Crippen molar-refractivity contribution in [3.05, 3.63) is 0 Å². The van der Waals surface area contributed by atoms with E-state index in [1.54, 1.807) is 0 Å². The largest absolute Gasteiger partial charge is 0.454 e. The van der Waals surface area contributed by atoms with Gasteiger partial charge in [-0.05, 0) is 31.9 Å². The lowest BCUT2D eigenvalue weighted by molar-refractivity contribution is -0.147. The lowest BCUT2D eigenvalue weighted by atomic mass is 9.83. The van der Waals surface area contributed by atoms with E-state index < -0.39 is 0 Å². The molecule has 0 aromatic heterocycles. The molecule has 0 spiro atoms. The SMILES string of the molecule is CSCOC(=O)[C@H]1CC[C@H](C=O)CC1. The summed E-state index contributed by atoms with van der Waals surface area (Å²) in [6.07, 6.45) is 6.18. The molecule has 0 aromatic rings. The summed E-state index contributed by atoms with van der Waals surface area (Å²) in [5.74, 6) is 0.536. The van der Waals surface area contributed by atoms with Gasteiger partial charge in [-0.15, -0.1) is 11.8 Å². The Hall–Kier alpha value is -0.510. The van der Waals surface area contributed by atoms with Crippen LogP contribution in [-0.4, -0.2) is 24.5 Å². The maximum Gasteiger partial charge on any atom is 0.309 e. The van der Waals surface area contributed by atoms with Crippen LogP contribution in [0.15, 0.2) is 0 Å². The van der Waals surface area contributed by atoms with Gasteiger partial charge in [0.2, 0.25) is 0 Å². The van der Waals surface area contributed by atoms with Crippen LogP contribution in [0.5, 0.6) is 0 Å². The van der Waals surface area contributed by atoms with Crippen molar-refractivity contribution in [1.29, 1.82) is 0 Å². The Morgan fingerprint density at radius 2 is 2.07 bits per heavy atom. The molecule has 0 amide bonds. The highest BCUT2D eigenvalue weighted by molar-refractivity contribution is 7.98. The molecule has 0 aliphatic heterocycles. The van der Waals surface area contributed by atoms with Crippen molar-refractivity contribution in [3.63, 3.8) is 0 Å². The molecule has 0 bridgehead atoms. The Morgan fingerprint density at radius 3 is 2.57 bits per heavy atom. The summed E-state index contributed by atoms with van der Waals surface area (Å²) in [6.45, 7) is 0. The van der Waals surface area contributed by atoms with Gasteiger partial charge in [0.15, 0.2) is 0 Å². The van der Waals surface area contributed by atoms with E-state index in [0.717, 1.165) is 32.0 Å². The standard InChI is InChI=1S/C10H16O3S/c1-14-7-13-10(12)9-4-2-8(6-11)3-5-9/h6,8-9H,2-5,7H2,1H3/t8-,9-. The van der Waals surface area contributed by atoms with Gasteiger partial charge in [-0.3, -0.25) is 4.79 Å². The molecule has 0 saturated heterocycles. The van der Waals surface area contributed by atoms with Gasteiger partial charge in [-0.2, -0.15) is 0 Å². The maximum absolute atomic E-state index is 11.4. The summed E-state index contributed by atoms with van der Waals surface area (Å²) < 4.78 is 5.04. The lowest BCUT2D eigenvalue weighted by Gasteiger charge is -2.23. The first-order valence-corrected chi connectivity index (χ1v) is 6.28. The van der Waals surface area contributed by atoms with Gasteiger partial charge in [-0.25, -0.2) is 0 Å². The molecule has 1 saturated carbocycles. The van der Waals surface area contributed by atoms with Gasteiger partial charge >= 0.3 is 5.97 Å². The highest BCUT2D eigenvalue weighted by Crippen LogP contribution is 2.28. The van der Waals surface area contributed by atoms with Crippen LogP contribution in [0.1, 0.15) is 25.7 Å². The summed E-state index contributed by atoms with van der Waals surface area (Å²) in [5.41, 5.74) is 0. The van der Waals surface area contributed by atoms with E-state index in [1.165, 1.54) is 11.8 Å². The van der Waals surface area contributed by atoms with Gasteiger partial charge in [0.05, 0.1) is 5.92 Å². The fraction of sp³-hybridized carbons (Fsp3) is 0.800. The maximum atomic E-state index is 11.4. The van der Waals surface area contributed by atoms with Crippen molar-refractivity contribution in [1.82, 2.24) is 0 Å². The van der Waals surface area contributed by atoms with Gasteiger partial charge in [-0.1, -0.05) is 0 Å². The molecule has 0 atom stereocenters. The predicted octanol–water partition coefficient (Wildman–Crippen LogP) is 1.86. The fourth-order valence-electron chi connectivity index (χ4n) is 1.73. The summed E-state index contributed by atoms with van der Waals surface area (Å²) in [5, 5.41) is 0. The third-order valence-corrected chi connectivity index (χ3v) is 2.97. The van der Waals surface area contributed by atoms with E-state index in [2.05, 4.69) is 0 Å². The highest BCUT2D eigenvalue weighted by atomic mass is 32.2. The molecule has 3 nitrogen and oxygen atoms in total. The quantitative estimate of drug-likeness (QED) is 0.409. The molecular formula is C10H16O3S. The number of hydrogen-bond donors (Lipinski definition) is 0. The second-order valence-corrected chi connectivity index (χ2v) is 4.43. The number of ether oxygens (including phenoxy) is 1. The Kier molecular flexibility index (Phi) is 5.01. The van der Waals surface area contributed by atoms with Crippen molar-refractivity contribution in [2.45, 2.75) is 25.7 Å². The number of hydrogen-bond acceptors (Lipinski definition) is 4. The Labute approximate surface area is 88.6 Å². The Morgan fingerprint density at radius 1 is 1.43 bits per heavy atom. The van der Waals surface area contributed by atoms with E-state index >= 15 is 0 Å². The molecule has 0 radical (unpaired) electrons. The number of thioether (sulfide) groups is 1. The third kappa shape index (κ3) is 3.33. The van der Waals surface area contributed by atoms with Crippen LogP contribution in [-0.2, 0) is 14.3 Å². The van der Waals surface area contributed by atoms with Crippen molar-refractivity contribution < 1.29 is 14.3 Å².